The fourth-order valence-corrected chi connectivity index (χ4v) is 1.80. The molecule has 1 N–H and O–H groups in total. The Morgan fingerprint density at radius 1 is 0.933 bits per heavy atom. The Hall–Kier alpha value is -2.02. The molecule has 0 fully saturated rings. The lowest BCUT2D eigenvalue weighted by molar-refractivity contribution is 1.45. The third-order valence-electron chi connectivity index (χ3n) is 2.56. The van der Waals surface area contributed by atoms with Crippen molar-refractivity contribution < 1.29 is 0 Å². The van der Waals surface area contributed by atoms with Crippen LogP contribution in [0.4, 0.5) is 0 Å². The number of fused-ring (bicyclic) bond motifs is 1. The number of aromatic amines is 1. The average molecular weight is 192 g/mol. The van der Waals surface area contributed by atoms with Gasteiger partial charge in [0.1, 0.15) is 0 Å². The van der Waals surface area contributed by atoms with Crippen molar-refractivity contribution in [3.8, 4) is 11.3 Å². The van der Waals surface area contributed by atoms with Crippen LogP contribution >= 0.6 is 0 Å². The first-order chi connectivity index (χ1) is 7.43. The van der Waals surface area contributed by atoms with Crippen LogP contribution in [0.2, 0.25) is 0 Å². The van der Waals surface area contributed by atoms with E-state index in [1.807, 2.05) is 18.2 Å². The number of para-hydroxylation sites is 1. The molecule has 0 aliphatic rings. The summed E-state index contributed by atoms with van der Waals surface area (Å²) in [6.07, 6.45) is 0. The Labute approximate surface area is 88.4 Å². The summed E-state index contributed by atoms with van der Waals surface area (Å²) >= 11 is 0. The van der Waals surface area contributed by atoms with E-state index in [1.54, 1.807) is 0 Å². The maximum absolute atomic E-state index is 3.40. The second kappa shape index (κ2) is 3.28. The summed E-state index contributed by atoms with van der Waals surface area (Å²) in [5, 5.41) is 1.25. The lowest BCUT2D eigenvalue weighted by Gasteiger charge is -1.94. The predicted molar refractivity (Wildman–Crippen MR) is 62.6 cm³/mol. The molecule has 0 aliphatic carbocycles. The van der Waals surface area contributed by atoms with Crippen LogP contribution in [0, 0.1) is 6.07 Å². The maximum atomic E-state index is 3.40. The topological polar surface area (TPSA) is 15.8 Å². The van der Waals surface area contributed by atoms with E-state index in [-0.39, 0.29) is 0 Å². The molecule has 3 rings (SSSR count). The number of benzene rings is 2. The van der Waals surface area contributed by atoms with E-state index in [4.69, 9.17) is 0 Å². The highest BCUT2D eigenvalue weighted by molar-refractivity contribution is 5.85. The molecule has 0 unspecified atom stereocenters. The number of aromatic nitrogens is 1. The zero-order chi connectivity index (χ0) is 10.1. The number of H-pyrrole nitrogens is 1. The average Bonchev–Trinajstić information content (AvgIpc) is 2.74. The van der Waals surface area contributed by atoms with Gasteiger partial charge in [0.15, 0.2) is 0 Å². The van der Waals surface area contributed by atoms with Gasteiger partial charge in [0, 0.05) is 16.6 Å². The van der Waals surface area contributed by atoms with Crippen LogP contribution < -0.4 is 0 Å². The van der Waals surface area contributed by atoms with Gasteiger partial charge in [-0.15, -0.1) is 0 Å². The summed E-state index contributed by atoms with van der Waals surface area (Å²) in [5.74, 6) is 0. The first-order valence-corrected chi connectivity index (χ1v) is 4.98. The fraction of sp³-hybridized carbons (Fsp3) is 0. The molecular weight excluding hydrogens is 182 g/mol. The minimum Gasteiger partial charge on any atom is -0.355 e. The van der Waals surface area contributed by atoms with Crippen molar-refractivity contribution in [1.29, 1.82) is 0 Å². The molecule has 15 heavy (non-hydrogen) atoms. The number of hydrogen-bond donors (Lipinski definition) is 1. The molecule has 1 radical (unpaired) electrons. The molecule has 0 atom stereocenters. The van der Waals surface area contributed by atoms with Crippen molar-refractivity contribution in [3.05, 3.63) is 60.7 Å². The molecule has 0 saturated heterocycles. The first-order valence-electron chi connectivity index (χ1n) is 4.98. The molecule has 1 aromatic heterocycles. The van der Waals surface area contributed by atoms with Gasteiger partial charge in [-0.1, -0.05) is 42.5 Å². The zero-order valence-corrected chi connectivity index (χ0v) is 8.20. The molecular formula is C14H10N. The molecule has 0 amide bonds. The minimum absolute atomic E-state index is 1.16. The van der Waals surface area contributed by atoms with Gasteiger partial charge >= 0.3 is 0 Å². The van der Waals surface area contributed by atoms with Gasteiger partial charge in [-0.25, -0.2) is 0 Å². The van der Waals surface area contributed by atoms with Crippen LogP contribution in [0.15, 0.2) is 54.6 Å². The summed E-state index contributed by atoms with van der Waals surface area (Å²) in [4.78, 5) is 3.40. The molecule has 0 spiro atoms. The Balaban J connectivity index is 2.21. The van der Waals surface area contributed by atoms with Crippen LogP contribution in [0.3, 0.4) is 0 Å². The van der Waals surface area contributed by atoms with Crippen molar-refractivity contribution in [2.45, 2.75) is 0 Å². The molecule has 1 heteroatoms. The third kappa shape index (κ3) is 1.42. The quantitative estimate of drug-likeness (QED) is 0.606. The standard InChI is InChI=1S/C14H10N/c1-2-6-11(7-3-1)14-10-12-8-4-5-9-13(12)15-14/h2-10,15H. The minimum atomic E-state index is 1.16. The summed E-state index contributed by atoms with van der Waals surface area (Å²) in [6.45, 7) is 0. The Bertz CT molecular complexity index is 545. The van der Waals surface area contributed by atoms with Crippen LogP contribution in [-0.2, 0) is 0 Å². The van der Waals surface area contributed by atoms with Crippen molar-refractivity contribution in [1.82, 2.24) is 4.98 Å². The highest BCUT2D eigenvalue weighted by atomic mass is 14.7. The Kier molecular flexibility index (Phi) is 1.82. The van der Waals surface area contributed by atoms with Gasteiger partial charge in [-0.05, 0) is 23.8 Å². The van der Waals surface area contributed by atoms with Crippen molar-refractivity contribution in [3.63, 3.8) is 0 Å². The highest BCUT2D eigenvalue weighted by Crippen LogP contribution is 2.23. The predicted octanol–water partition coefficient (Wildman–Crippen LogP) is 3.64. The van der Waals surface area contributed by atoms with Crippen molar-refractivity contribution >= 4 is 10.9 Å². The summed E-state index contributed by atoms with van der Waals surface area (Å²) < 4.78 is 0. The first kappa shape index (κ1) is 8.30. The molecule has 1 heterocycles. The smallest absolute Gasteiger partial charge is 0.0464 e. The van der Waals surface area contributed by atoms with Gasteiger partial charge in [0.25, 0.3) is 0 Å². The summed E-state index contributed by atoms with van der Waals surface area (Å²) in [6, 6.07) is 21.5. The number of rotatable bonds is 1. The van der Waals surface area contributed by atoms with E-state index >= 15 is 0 Å². The highest BCUT2D eigenvalue weighted by Gasteiger charge is 2.00. The summed E-state index contributed by atoms with van der Waals surface area (Å²) in [7, 11) is 0. The second-order valence-electron chi connectivity index (χ2n) is 3.56. The molecule has 0 bridgehead atoms. The third-order valence-corrected chi connectivity index (χ3v) is 2.56. The van der Waals surface area contributed by atoms with Gasteiger partial charge in [0.05, 0.1) is 0 Å². The van der Waals surface area contributed by atoms with Crippen LogP contribution in [0.1, 0.15) is 0 Å². The van der Waals surface area contributed by atoms with E-state index in [2.05, 4.69) is 47.4 Å². The van der Waals surface area contributed by atoms with Gasteiger partial charge in [0.2, 0.25) is 0 Å². The van der Waals surface area contributed by atoms with E-state index < -0.39 is 0 Å². The fourth-order valence-electron chi connectivity index (χ4n) is 1.80. The lowest BCUT2D eigenvalue weighted by atomic mass is 10.1. The van der Waals surface area contributed by atoms with E-state index in [1.165, 1.54) is 16.5 Å². The Morgan fingerprint density at radius 3 is 2.53 bits per heavy atom. The molecule has 0 aliphatic heterocycles. The van der Waals surface area contributed by atoms with Gasteiger partial charge in [-0.3, -0.25) is 0 Å². The normalized spacial score (nSPS) is 10.7. The second-order valence-corrected chi connectivity index (χ2v) is 3.56. The van der Waals surface area contributed by atoms with Gasteiger partial charge in [-0.2, -0.15) is 0 Å². The summed E-state index contributed by atoms with van der Waals surface area (Å²) in [5.41, 5.74) is 3.54. The maximum Gasteiger partial charge on any atom is 0.0464 e. The van der Waals surface area contributed by atoms with Crippen molar-refractivity contribution in [2.24, 2.45) is 0 Å². The number of nitrogens with one attached hydrogen (secondary N) is 1. The monoisotopic (exact) mass is 192 g/mol. The Morgan fingerprint density at radius 2 is 1.73 bits per heavy atom. The molecule has 1 nitrogen and oxygen atoms in total. The number of hydrogen-bond acceptors (Lipinski definition) is 0. The zero-order valence-electron chi connectivity index (χ0n) is 8.20. The van der Waals surface area contributed by atoms with E-state index in [0.717, 1.165) is 5.69 Å². The molecule has 3 aromatic rings. The largest absolute Gasteiger partial charge is 0.355 e. The van der Waals surface area contributed by atoms with Gasteiger partial charge < -0.3 is 4.98 Å². The molecule has 2 aromatic carbocycles. The molecule has 71 valence electrons. The van der Waals surface area contributed by atoms with Crippen LogP contribution in [-0.4, -0.2) is 4.98 Å². The van der Waals surface area contributed by atoms with E-state index in [9.17, 15) is 0 Å². The lowest BCUT2D eigenvalue weighted by Crippen LogP contribution is -1.74. The molecule has 0 saturated carbocycles. The van der Waals surface area contributed by atoms with E-state index in [0.29, 0.717) is 0 Å². The SMILES string of the molecule is [c]1ccc(-c2cc3ccccc3[nH]2)cc1. The van der Waals surface area contributed by atoms with Crippen LogP contribution in [0.5, 0.6) is 0 Å². The van der Waals surface area contributed by atoms with Crippen molar-refractivity contribution in [2.75, 3.05) is 0 Å². The van der Waals surface area contributed by atoms with Crippen LogP contribution in [0.25, 0.3) is 22.2 Å².